The van der Waals surface area contributed by atoms with Gasteiger partial charge < -0.3 is 10.1 Å². The Hall–Kier alpha value is -2.75. The fraction of sp³-hybridized carbons (Fsp3) is 0.304. The molecule has 0 aliphatic rings. The lowest BCUT2D eigenvalue weighted by Gasteiger charge is -2.16. The number of nitrogens with one attached hydrogen (secondary N) is 1. The summed E-state index contributed by atoms with van der Waals surface area (Å²) in [7, 11) is -0.507. The van der Waals surface area contributed by atoms with Gasteiger partial charge in [-0.05, 0) is 62.7 Å². The van der Waals surface area contributed by atoms with Crippen molar-refractivity contribution in [1.82, 2.24) is 14.6 Å². The van der Waals surface area contributed by atoms with Crippen LogP contribution in [0, 0.1) is 6.92 Å². The number of thiazole rings is 1. The second kappa shape index (κ2) is 9.81. The van der Waals surface area contributed by atoms with E-state index in [2.05, 4.69) is 10.3 Å². The quantitative estimate of drug-likeness (QED) is 0.528. The van der Waals surface area contributed by atoms with E-state index in [0.29, 0.717) is 17.2 Å². The molecule has 0 aliphatic heterocycles. The van der Waals surface area contributed by atoms with Crippen molar-refractivity contribution in [1.29, 1.82) is 0 Å². The number of hydrogen-bond donors (Lipinski definition) is 1. The largest absolute Gasteiger partial charge is 0.494 e. The van der Waals surface area contributed by atoms with E-state index in [9.17, 15) is 13.2 Å². The van der Waals surface area contributed by atoms with Gasteiger partial charge >= 0.3 is 0 Å². The zero-order chi connectivity index (χ0) is 23.5. The minimum Gasteiger partial charge on any atom is -0.494 e. The van der Waals surface area contributed by atoms with Crippen LogP contribution in [0.1, 0.15) is 40.8 Å². The van der Waals surface area contributed by atoms with Crippen LogP contribution in [0.15, 0.2) is 53.4 Å². The Morgan fingerprint density at radius 1 is 1.12 bits per heavy atom. The van der Waals surface area contributed by atoms with Crippen molar-refractivity contribution in [3.63, 3.8) is 0 Å². The average molecular weight is 474 g/mol. The van der Waals surface area contributed by atoms with Gasteiger partial charge in [-0.3, -0.25) is 4.79 Å². The summed E-state index contributed by atoms with van der Waals surface area (Å²) >= 11 is 1.34. The molecule has 2 aromatic carbocycles. The van der Waals surface area contributed by atoms with Gasteiger partial charge in [0.15, 0.2) is 0 Å². The molecular formula is C23H27N3O4S2. The first-order valence-electron chi connectivity index (χ1n) is 10.2. The maximum absolute atomic E-state index is 12.9. The van der Waals surface area contributed by atoms with Crippen molar-refractivity contribution in [3.05, 3.63) is 64.7 Å². The number of nitrogens with zero attached hydrogens (tertiary/aromatic N) is 2. The molecule has 32 heavy (non-hydrogen) atoms. The smallest absolute Gasteiger partial charge is 0.263 e. The van der Waals surface area contributed by atoms with Gasteiger partial charge in [0.25, 0.3) is 5.91 Å². The third kappa shape index (κ3) is 5.17. The van der Waals surface area contributed by atoms with E-state index in [1.54, 1.807) is 24.3 Å². The number of carbonyl (C=O) groups is 1. The predicted octanol–water partition coefficient (Wildman–Crippen LogP) is 4.26. The second-order valence-corrected chi connectivity index (χ2v) is 10.6. The number of ether oxygens (including phenoxy) is 1. The number of amides is 1. The minimum absolute atomic E-state index is 0.211. The summed E-state index contributed by atoms with van der Waals surface area (Å²) in [5.41, 5.74) is 2.40. The minimum atomic E-state index is -3.49. The van der Waals surface area contributed by atoms with E-state index in [0.717, 1.165) is 21.9 Å². The van der Waals surface area contributed by atoms with E-state index in [-0.39, 0.29) is 16.8 Å². The fourth-order valence-corrected chi connectivity index (χ4v) is 4.95. The molecule has 1 heterocycles. The van der Waals surface area contributed by atoms with Crippen molar-refractivity contribution in [2.24, 2.45) is 0 Å². The van der Waals surface area contributed by atoms with Crippen molar-refractivity contribution in [2.75, 3.05) is 20.7 Å². The molecule has 0 radical (unpaired) electrons. The van der Waals surface area contributed by atoms with Crippen LogP contribution >= 0.6 is 11.3 Å². The molecular weight excluding hydrogens is 446 g/mol. The molecule has 9 heteroatoms. The topological polar surface area (TPSA) is 88.6 Å². The predicted molar refractivity (Wildman–Crippen MR) is 127 cm³/mol. The highest BCUT2D eigenvalue weighted by molar-refractivity contribution is 7.89. The van der Waals surface area contributed by atoms with E-state index in [4.69, 9.17) is 4.74 Å². The molecule has 7 nitrogen and oxygen atoms in total. The zero-order valence-corrected chi connectivity index (χ0v) is 20.4. The first-order chi connectivity index (χ1) is 15.1. The zero-order valence-electron chi connectivity index (χ0n) is 18.7. The van der Waals surface area contributed by atoms with E-state index in [1.807, 2.05) is 45.0 Å². The first kappa shape index (κ1) is 23.9. The van der Waals surface area contributed by atoms with Gasteiger partial charge in [-0.2, -0.15) is 0 Å². The lowest BCUT2D eigenvalue weighted by Crippen LogP contribution is -2.26. The lowest BCUT2D eigenvalue weighted by molar-refractivity contribution is 0.0943. The number of rotatable bonds is 8. The molecule has 1 atom stereocenters. The number of sulfonamides is 1. The summed E-state index contributed by atoms with van der Waals surface area (Å²) in [6.07, 6.45) is 0. The summed E-state index contributed by atoms with van der Waals surface area (Å²) in [4.78, 5) is 18.2. The second-order valence-electron chi connectivity index (χ2n) is 7.44. The molecule has 170 valence electrons. The van der Waals surface area contributed by atoms with Crippen LogP contribution in [-0.4, -0.2) is 44.3 Å². The summed E-state index contributed by atoms with van der Waals surface area (Å²) < 4.78 is 31.1. The highest BCUT2D eigenvalue weighted by Gasteiger charge is 2.20. The monoisotopic (exact) mass is 473 g/mol. The Morgan fingerprint density at radius 3 is 2.31 bits per heavy atom. The third-order valence-electron chi connectivity index (χ3n) is 4.92. The van der Waals surface area contributed by atoms with Crippen LogP contribution in [0.25, 0.3) is 10.6 Å². The summed E-state index contributed by atoms with van der Waals surface area (Å²) in [5, 5.41) is 3.74. The standard InChI is InChI=1S/C23H27N3O4S2/c1-6-30-19-11-7-18(8-12-19)23-25-16(3)21(31-23)22(27)24-15(2)17-9-13-20(14-10-17)32(28,29)26(4)5/h7-15H,6H2,1-5H3,(H,24,27). The Bertz CT molecular complexity index is 1180. The number of aryl methyl sites for hydroxylation is 1. The van der Waals surface area contributed by atoms with Crippen molar-refractivity contribution < 1.29 is 17.9 Å². The van der Waals surface area contributed by atoms with E-state index >= 15 is 0 Å². The first-order valence-corrected chi connectivity index (χ1v) is 12.4. The van der Waals surface area contributed by atoms with Crippen molar-refractivity contribution in [3.8, 4) is 16.3 Å². The van der Waals surface area contributed by atoms with E-state index in [1.165, 1.54) is 29.7 Å². The summed E-state index contributed by atoms with van der Waals surface area (Å²) in [5.74, 6) is 0.579. The van der Waals surface area contributed by atoms with Gasteiger partial charge in [0.05, 0.1) is 23.2 Å². The van der Waals surface area contributed by atoms with Gasteiger partial charge in [0, 0.05) is 19.7 Å². The van der Waals surface area contributed by atoms with Gasteiger partial charge in [-0.1, -0.05) is 12.1 Å². The highest BCUT2D eigenvalue weighted by Crippen LogP contribution is 2.30. The number of hydrogen-bond acceptors (Lipinski definition) is 6. The van der Waals surface area contributed by atoms with Crippen molar-refractivity contribution in [2.45, 2.75) is 31.7 Å². The summed E-state index contributed by atoms with van der Waals surface area (Å²) in [6, 6.07) is 13.9. The molecule has 0 fully saturated rings. The molecule has 3 aromatic rings. The molecule has 0 bridgehead atoms. The SMILES string of the molecule is CCOc1ccc(-c2nc(C)c(C(=O)NC(C)c3ccc(S(=O)(=O)N(C)C)cc3)s2)cc1. The number of aromatic nitrogens is 1. The maximum Gasteiger partial charge on any atom is 0.263 e. The van der Waals surface area contributed by atoms with Gasteiger partial charge in [-0.15, -0.1) is 11.3 Å². The van der Waals surface area contributed by atoms with Crippen molar-refractivity contribution >= 4 is 27.3 Å². The van der Waals surface area contributed by atoms with E-state index < -0.39 is 10.0 Å². The maximum atomic E-state index is 12.9. The molecule has 0 saturated heterocycles. The Labute approximate surface area is 193 Å². The molecule has 1 amide bonds. The Balaban J connectivity index is 1.73. The Kier molecular flexibility index (Phi) is 7.33. The third-order valence-corrected chi connectivity index (χ3v) is 7.96. The molecule has 0 aliphatic carbocycles. The normalized spacial score (nSPS) is 12.6. The molecule has 1 N–H and O–H groups in total. The summed E-state index contributed by atoms with van der Waals surface area (Å²) in [6.45, 7) is 6.21. The van der Waals surface area contributed by atoms with Gasteiger partial charge in [-0.25, -0.2) is 17.7 Å². The van der Waals surface area contributed by atoms with Crippen LogP contribution in [0.4, 0.5) is 0 Å². The number of benzene rings is 2. The van der Waals surface area contributed by atoms with Gasteiger partial charge in [0.2, 0.25) is 10.0 Å². The van der Waals surface area contributed by atoms with Crippen LogP contribution in [0.2, 0.25) is 0 Å². The van der Waals surface area contributed by atoms with Crippen LogP contribution in [0.5, 0.6) is 5.75 Å². The van der Waals surface area contributed by atoms with Crippen LogP contribution < -0.4 is 10.1 Å². The molecule has 1 unspecified atom stereocenters. The average Bonchev–Trinajstić information content (AvgIpc) is 3.16. The lowest BCUT2D eigenvalue weighted by atomic mass is 10.1. The molecule has 1 aromatic heterocycles. The number of carbonyl (C=O) groups excluding carboxylic acids is 1. The van der Waals surface area contributed by atoms with Crippen LogP contribution in [0.3, 0.4) is 0 Å². The Morgan fingerprint density at radius 2 is 1.75 bits per heavy atom. The highest BCUT2D eigenvalue weighted by atomic mass is 32.2. The molecule has 0 spiro atoms. The fourth-order valence-electron chi connectivity index (χ4n) is 3.08. The molecule has 0 saturated carbocycles. The molecule has 3 rings (SSSR count). The van der Waals surface area contributed by atoms with Crippen LogP contribution in [-0.2, 0) is 10.0 Å². The van der Waals surface area contributed by atoms with Gasteiger partial charge in [0.1, 0.15) is 15.6 Å².